The van der Waals surface area contributed by atoms with E-state index < -0.39 is 11.6 Å². The standard InChI is InChI=1S/C15H17F2NO2/c16-11-2-1-10(9-12(11)17)14(20)18-7-5-15(6-8-18)4-3-13(15)19/h1-2,9,13,19H,3-8H2. The van der Waals surface area contributed by atoms with Crippen molar-refractivity contribution in [2.24, 2.45) is 5.41 Å². The third-order valence-corrected chi connectivity index (χ3v) is 4.84. The van der Waals surface area contributed by atoms with Crippen LogP contribution in [0.1, 0.15) is 36.0 Å². The first kappa shape index (κ1) is 13.5. The van der Waals surface area contributed by atoms with E-state index in [2.05, 4.69) is 0 Å². The summed E-state index contributed by atoms with van der Waals surface area (Å²) >= 11 is 0. The number of piperidine rings is 1. The van der Waals surface area contributed by atoms with Crippen LogP contribution in [0.15, 0.2) is 18.2 Å². The van der Waals surface area contributed by atoms with E-state index in [1.165, 1.54) is 6.07 Å². The van der Waals surface area contributed by atoms with Gasteiger partial charge in [-0.25, -0.2) is 8.78 Å². The van der Waals surface area contributed by atoms with Gasteiger partial charge in [-0.2, -0.15) is 0 Å². The zero-order valence-corrected chi connectivity index (χ0v) is 11.1. The van der Waals surface area contributed by atoms with Crippen LogP contribution in [0, 0.1) is 17.0 Å². The summed E-state index contributed by atoms with van der Waals surface area (Å²) in [5.74, 6) is -2.22. The van der Waals surface area contributed by atoms with E-state index in [9.17, 15) is 18.7 Å². The van der Waals surface area contributed by atoms with Crippen molar-refractivity contribution in [2.45, 2.75) is 31.8 Å². The fourth-order valence-electron chi connectivity index (χ4n) is 3.23. The lowest BCUT2D eigenvalue weighted by atomic mass is 9.61. The molecule has 1 aromatic carbocycles. The maximum atomic E-state index is 13.2. The van der Waals surface area contributed by atoms with Crippen molar-refractivity contribution in [3.63, 3.8) is 0 Å². The van der Waals surface area contributed by atoms with Gasteiger partial charge in [0.1, 0.15) is 0 Å². The lowest BCUT2D eigenvalue weighted by Gasteiger charge is -2.51. The van der Waals surface area contributed by atoms with E-state index in [0.29, 0.717) is 13.1 Å². The van der Waals surface area contributed by atoms with Gasteiger partial charge in [-0.3, -0.25) is 4.79 Å². The number of likely N-dealkylation sites (tertiary alicyclic amines) is 1. The predicted molar refractivity (Wildman–Crippen MR) is 69.2 cm³/mol. The molecule has 1 spiro atoms. The van der Waals surface area contributed by atoms with Crippen molar-refractivity contribution in [1.29, 1.82) is 0 Å². The summed E-state index contributed by atoms with van der Waals surface area (Å²) in [6.07, 6.45) is 3.18. The van der Waals surface area contributed by atoms with Crippen LogP contribution in [-0.4, -0.2) is 35.1 Å². The molecule has 1 aliphatic heterocycles. The number of amides is 1. The molecule has 3 nitrogen and oxygen atoms in total. The van der Waals surface area contributed by atoms with Gasteiger partial charge in [0.2, 0.25) is 0 Å². The minimum Gasteiger partial charge on any atom is -0.393 e. The van der Waals surface area contributed by atoms with E-state index in [0.717, 1.165) is 37.8 Å². The van der Waals surface area contributed by atoms with E-state index in [-0.39, 0.29) is 23.0 Å². The molecule has 2 fully saturated rings. The summed E-state index contributed by atoms with van der Waals surface area (Å²) in [5, 5.41) is 9.84. The molecule has 5 heteroatoms. The second-order valence-electron chi connectivity index (χ2n) is 5.84. The highest BCUT2D eigenvalue weighted by Gasteiger charge is 2.47. The summed E-state index contributed by atoms with van der Waals surface area (Å²) in [6, 6.07) is 3.23. The molecule has 1 saturated heterocycles. The molecule has 1 aromatic rings. The number of carbonyl (C=O) groups excluding carboxylic acids is 1. The van der Waals surface area contributed by atoms with Crippen LogP contribution in [0.3, 0.4) is 0 Å². The van der Waals surface area contributed by atoms with Gasteiger partial charge >= 0.3 is 0 Å². The number of carbonyl (C=O) groups is 1. The molecule has 1 amide bonds. The quantitative estimate of drug-likeness (QED) is 0.858. The molecule has 1 saturated carbocycles. The van der Waals surface area contributed by atoms with Gasteiger partial charge in [-0.05, 0) is 49.3 Å². The Morgan fingerprint density at radius 2 is 1.90 bits per heavy atom. The first-order chi connectivity index (χ1) is 9.52. The van der Waals surface area contributed by atoms with Crippen LogP contribution in [0.25, 0.3) is 0 Å². The Hall–Kier alpha value is -1.49. The maximum Gasteiger partial charge on any atom is 0.253 e. The second-order valence-corrected chi connectivity index (χ2v) is 5.84. The predicted octanol–water partition coefficient (Wildman–Crippen LogP) is 2.34. The number of hydrogen-bond acceptors (Lipinski definition) is 2. The van der Waals surface area contributed by atoms with Crippen LogP contribution in [0.4, 0.5) is 8.78 Å². The Kier molecular flexibility index (Phi) is 3.24. The summed E-state index contributed by atoms with van der Waals surface area (Å²) in [6.45, 7) is 1.13. The maximum absolute atomic E-state index is 13.2. The minimum atomic E-state index is -1.00. The Morgan fingerprint density at radius 1 is 1.20 bits per heavy atom. The average molecular weight is 281 g/mol. The van der Waals surface area contributed by atoms with Gasteiger partial charge in [-0.15, -0.1) is 0 Å². The molecular weight excluding hydrogens is 264 g/mol. The number of benzene rings is 1. The SMILES string of the molecule is O=C(c1ccc(F)c(F)c1)N1CCC2(CCC2O)CC1. The Balaban J connectivity index is 1.68. The molecule has 0 bridgehead atoms. The number of halogens is 2. The third-order valence-electron chi connectivity index (χ3n) is 4.84. The van der Waals surface area contributed by atoms with Crippen molar-refractivity contribution in [3.05, 3.63) is 35.4 Å². The normalized spacial score (nSPS) is 24.6. The van der Waals surface area contributed by atoms with E-state index in [1.807, 2.05) is 0 Å². The summed E-state index contributed by atoms with van der Waals surface area (Å²) in [7, 11) is 0. The molecule has 1 heterocycles. The number of hydrogen-bond donors (Lipinski definition) is 1. The van der Waals surface area contributed by atoms with Crippen LogP contribution in [0.2, 0.25) is 0 Å². The van der Waals surface area contributed by atoms with E-state index >= 15 is 0 Å². The lowest BCUT2D eigenvalue weighted by molar-refractivity contribution is -0.0952. The Morgan fingerprint density at radius 3 is 2.40 bits per heavy atom. The largest absolute Gasteiger partial charge is 0.393 e. The van der Waals surface area contributed by atoms with Crippen molar-refractivity contribution in [1.82, 2.24) is 4.90 Å². The Bertz CT molecular complexity index is 539. The zero-order valence-electron chi connectivity index (χ0n) is 11.1. The summed E-state index contributed by atoms with van der Waals surface area (Å²) in [4.78, 5) is 13.9. The van der Waals surface area contributed by atoms with E-state index in [4.69, 9.17) is 0 Å². The molecule has 0 radical (unpaired) electrons. The molecule has 3 rings (SSSR count). The highest BCUT2D eigenvalue weighted by Crippen LogP contribution is 2.49. The molecule has 1 aliphatic carbocycles. The minimum absolute atomic E-state index is 0.00910. The molecule has 1 N–H and O–H groups in total. The number of rotatable bonds is 1. The Labute approximate surface area is 116 Å². The smallest absolute Gasteiger partial charge is 0.253 e. The molecule has 1 atom stereocenters. The first-order valence-electron chi connectivity index (χ1n) is 6.94. The van der Waals surface area contributed by atoms with Gasteiger partial charge in [0.15, 0.2) is 11.6 Å². The lowest BCUT2D eigenvalue weighted by Crippen LogP contribution is -2.53. The van der Waals surface area contributed by atoms with Crippen LogP contribution < -0.4 is 0 Å². The summed E-state index contributed by atoms with van der Waals surface area (Å²) in [5.41, 5.74) is 0.166. The molecule has 0 aromatic heterocycles. The fraction of sp³-hybridized carbons (Fsp3) is 0.533. The molecule has 20 heavy (non-hydrogen) atoms. The molecule has 2 aliphatic rings. The van der Waals surface area contributed by atoms with Crippen molar-refractivity contribution >= 4 is 5.91 Å². The van der Waals surface area contributed by atoms with Gasteiger partial charge in [0, 0.05) is 18.7 Å². The average Bonchev–Trinajstić information content (AvgIpc) is 2.48. The monoisotopic (exact) mass is 281 g/mol. The molecular formula is C15H17F2NO2. The number of aliphatic hydroxyl groups excluding tert-OH is 1. The van der Waals surface area contributed by atoms with Gasteiger partial charge in [0.05, 0.1) is 6.10 Å². The third kappa shape index (κ3) is 2.10. The van der Waals surface area contributed by atoms with Crippen LogP contribution in [-0.2, 0) is 0 Å². The topological polar surface area (TPSA) is 40.5 Å². The second kappa shape index (κ2) is 4.81. The fourth-order valence-corrected chi connectivity index (χ4v) is 3.23. The van der Waals surface area contributed by atoms with Gasteiger partial charge in [0.25, 0.3) is 5.91 Å². The van der Waals surface area contributed by atoms with Crippen LogP contribution in [0.5, 0.6) is 0 Å². The van der Waals surface area contributed by atoms with Crippen LogP contribution >= 0.6 is 0 Å². The summed E-state index contributed by atoms with van der Waals surface area (Å²) < 4.78 is 26.0. The molecule has 1 unspecified atom stereocenters. The first-order valence-corrected chi connectivity index (χ1v) is 6.94. The van der Waals surface area contributed by atoms with E-state index in [1.54, 1.807) is 4.90 Å². The van der Waals surface area contributed by atoms with Gasteiger partial charge < -0.3 is 10.0 Å². The van der Waals surface area contributed by atoms with Gasteiger partial charge in [-0.1, -0.05) is 0 Å². The highest BCUT2D eigenvalue weighted by atomic mass is 19.2. The number of nitrogens with zero attached hydrogens (tertiary/aromatic N) is 1. The molecule has 108 valence electrons. The highest BCUT2D eigenvalue weighted by molar-refractivity contribution is 5.94. The number of aliphatic hydroxyl groups is 1. The van der Waals surface area contributed by atoms with Crippen molar-refractivity contribution in [3.8, 4) is 0 Å². The van der Waals surface area contributed by atoms with Crippen molar-refractivity contribution in [2.75, 3.05) is 13.1 Å². The van der Waals surface area contributed by atoms with Crippen molar-refractivity contribution < 1.29 is 18.7 Å². The zero-order chi connectivity index (χ0) is 14.3.